The van der Waals surface area contributed by atoms with Crippen molar-refractivity contribution in [3.8, 4) is 0 Å². The lowest BCUT2D eigenvalue weighted by atomic mass is 10.0. The molecule has 5 heteroatoms. The number of nitrogens with zero attached hydrogens (tertiary/aromatic N) is 2. The number of carbonyl (C=O) groups excluding carboxylic acids is 1. The summed E-state index contributed by atoms with van der Waals surface area (Å²) in [7, 11) is 1.76. The predicted molar refractivity (Wildman–Crippen MR) is 120 cm³/mol. The monoisotopic (exact) mass is 403 g/mol. The lowest BCUT2D eigenvalue weighted by Gasteiger charge is -2.28. The van der Waals surface area contributed by atoms with Crippen molar-refractivity contribution in [3.63, 3.8) is 0 Å². The van der Waals surface area contributed by atoms with E-state index in [1.54, 1.807) is 24.1 Å². The first-order valence-corrected chi connectivity index (χ1v) is 10.3. The molecule has 0 radical (unpaired) electrons. The molecule has 0 unspecified atom stereocenters. The molecule has 4 rings (SSSR count). The van der Waals surface area contributed by atoms with Crippen molar-refractivity contribution >= 4 is 23.1 Å². The highest BCUT2D eigenvalue weighted by Gasteiger charge is 2.20. The van der Waals surface area contributed by atoms with Crippen LogP contribution in [0.15, 0.2) is 72.8 Å². The first-order chi connectivity index (χ1) is 14.6. The first kappa shape index (κ1) is 20.0. The van der Waals surface area contributed by atoms with Gasteiger partial charge in [-0.2, -0.15) is 0 Å². The number of hydrogen-bond acceptors (Lipinski definition) is 2. The second kappa shape index (κ2) is 8.99. The molecule has 4 nitrogen and oxygen atoms in total. The van der Waals surface area contributed by atoms with E-state index in [-0.39, 0.29) is 11.8 Å². The Morgan fingerprint density at radius 3 is 2.23 bits per heavy atom. The van der Waals surface area contributed by atoms with E-state index in [2.05, 4.69) is 58.7 Å². The van der Waals surface area contributed by atoms with Gasteiger partial charge in [0.15, 0.2) is 0 Å². The molecule has 0 saturated carbocycles. The third kappa shape index (κ3) is 4.46. The van der Waals surface area contributed by atoms with Gasteiger partial charge < -0.3 is 15.1 Å². The summed E-state index contributed by atoms with van der Waals surface area (Å²) in [5, 5.41) is 2.75. The molecule has 0 fully saturated rings. The summed E-state index contributed by atoms with van der Waals surface area (Å²) in [4.78, 5) is 16.4. The molecule has 1 aliphatic rings. The van der Waals surface area contributed by atoms with Gasteiger partial charge in [-0.05, 0) is 60.7 Å². The van der Waals surface area contributed by atoms with Crippen LogP contribution in [-0.4, -0.2) is 31.1 Å². The quantitative estimate of drug-likeness (QED) is 0.600. The minimum absolute atomic E-state index is 0.239. The minimum Gasteiger partial charge on any atom is -0.341 e. The fraction of sp³-hybridized carbons (Fsp3) is 0.240. The predicted octanol–water partition coefficient (Wildman–Crippen LogP) is 5.62. The van der Waals surface area contributed by atoms with Crippen molar-refractivity contribution in [1.82, 2.24) is 4.90 Å². The third-order valence-corrected chi connectivity index (χ3v) is 5.53. The van der Waals surface area contributed by atoms with Gasteiger partial charge in [0.05, 0.1) is 0 Å². The van der Waals surface area contributed by atoms with Gasteiger partial charge in [0, 0.05) is 37.2 Å². The summed E-state index contributed by atoms with van der Waals surface area (Å²) >= 11 is 0. The van der Waals surface area contributed by atoms with E-state index in [9.17, 15) is 9.18 Å². The van der Waals surface area contributed by atoms with Crippen LogP contribution in [-0.2, 0) is 12.8 Å². The van der Waals surface area contributed by atoms with Crippen LogP contribution in [0.5, 0.6) is 0 Å². The molecule has 0 atom stereocenters. The highest BCUT2D eigenvalue weighted by Crippen LogP contribution is 2.35. The van der Waals surface area contributed by atoms with Crippen molar-refractivity contribution in [1.29, 1.82) is 0 Å². The first-order valence-electron chi connectivity index (χ1n) is 10.3. The van der Waals surface area contributed by atoms with Crippen LogP contribution in [0.2, 0.25) is 0 Å². The molecular weight excluding hydrogens is 377 g/mol. The molecule has 1 aliphatic heterocycles. The number of benzene rings is 3. The van der Waals surface area contributed by atoms with Crippen LogP contribution in [0.3, 0.4) is 0 Å². The average molecular weight is 404 g/mol. The SMILES string of the molecule is CN(CCCN1c2ccccc2CCc2ccccc21)C(=O)Nc1cccc(F)c1. The molecular formula is C25H26FN3O. The van der Waals surface area contributed by atoms with Gasteiger partial charge in [0.2, 0.25) is 0 Å². The van der Waals surface area contributed by atoms with Crippen molar-refractivity contribution in [2.24, 2.45) is 0 Å². The number of aryl methyl sites for hydroxylation is 2. The average Bonchev–Trinajstić information content (AvgIpc) is 2.91. The second-order valence-electron chi connectivity index (χ2n) is 7.62. The fourth-order valence-corrected chi connectivity index (χ4v) is 3.96. The highest BCUT2D eigenvalue weighted by molar-refractivity contribution is 5.89. The Morgan fingerprint density at radius 1 is 0.967 bits per heavy atom. The second-order valence-corrected chi connectivity index (χ2v) is 7.62. The number of halogens is 1. The zero-order chi connectivity index (χ0) is 20.9. The number of para-hydroxylation sites is 2. The van der Waals surface area contributed by atoms with E-state index in [0.29, 0.717) is 12.2 Å². The van der Waals surface area contributed by atoms with Crippen LogP contribution in [0.25, 0.3) is 0 Å². The Kier molecular flexibility index (Phi) is 5.98. The molecule has 0 saturated heterocycles. The number of urea groups is 1. The molecule has 154 valence electrons. The number of rotatable bonds is 5. The number of amides is 2. The third-order valence-electron chi connectivity index (χ3n) is 5.53. The Labute approximate surface area is 176 Å². The van der Waals surface area contributed by atoms with Crippen LogP contribution < -0.4 is 10.2 Å². The Hall–Kier alpha value is -3.34. The summed E-state index contributed by atoms with van der Waals surface area (Å²) < 4.78 is 13.3. The largest absolute Gasteiger partial charge is 0.341 e. The number of carbonyl (C=O) groups is 1. The van der Waals surface area contributed by atoms with Gasteiger partial charge >= 0.3 is 6.03 Å². The number of nitrogens with one attached hydrogen (secondary N) is 1. The van der Waals surface area contributed by atoms with Gasteiger partial charge in [-0.1, -0.05) is 42.5 Å². The van der Waals surface area contributed by atoms with E-state index in [0.717, 1.165) is 25.8 Å². The van der Waals surface area contributed by atoms with Crippen molar-refractivity contribution in [3.05, 3.63) is 89.7 Å². The molecule has 0 aliphatic carbocycles. The van der Waals surface area contributed by atoms with Gasteiger partial charge in [0.25, 0.3) is 0 Å². The van der Waals surface area contributed by atoms with Crippen LogP contribution in [0.1, 0.15) is 17.5 Å². The molecule has 30 heavy (non-hydrogen) atoms. The molecule has 0 spiro atoms. The summed E-state index contributed by atoms with van der Waals surface area (Å²) in [5.74, 6) is -0.367. The van der Waals surface area contributed by atoms with E-state index < -0.39 is 0 Å². The Morgan fingerprint density at radius 2 is 1.60 bits per heavy atom. The van der Waals surface area contributed by atoms with Crippen molar-refractivity contribution in [2.75, 3.05) is 30.4 Å². The Bertz CT molecular complexity index is 989. The van der Waals surface area contributed by atoms with Crippen molar-refractivity contribution in [2.45, 2.75) is 19.3 Å². The maximum atomic E-state index is 13.3. The minimum atomic E-state index is -0.367. The maximum absolute atomic E-state index is 13.3. The van der Waals surface area contributed by atoms with Gasteiger partial charge in [-0.25, -0.2) is 9.18 Å². The number of anilines is 3. The lowest BCUT2D eigenvalue weighted by molar-refractivity contribution is 0.222. The molecule has 2 amide bonds. The number of fused-ring (bicyclic) bond motifs is 2. The van der Waals surface area contributed by atoms with Crippen LogP contribution in [0.4, 0.5) is 26.2 Å². The summed E-state index contributed by atoms with van der Waals surface area (Å²) in [6.45, 7) is 1.41. The lowest BCUT2D eigenvalue weighted by Crippen LogP contribution is -2.33. The fourth-order valence-electron chi connectivity index (χ4n) is 3.96. The molecule has 3 aromatic carbocycles. The van der Waals surface area contributed by atoms with Crippen LogP contribution >= 0.6 is 0 Å². The normalized spacial score (nSPS) is 12.5. The van der Waals surface area contributed by atoms with Gasteiger partial charge in [0.1, 0.15) is 5.82 Å². The molecule has 1 N–H and O–H groups in total. The van der Waals surface area contributed by atoms with Crippen LogP contribution in [0, 0.1) is 5.82 Å². The maximum Gasteiger partial charge on any atom is 0.321 e. The topological polar surface area (TPSA) is 35.6 Å². The van der Waals surface area contributed by atoms with Crippen molar-refractivity contribution < 1.29 is 9.18 Å². The van der Waals surface area contributed by atoms with Gasteiger partial charge in [-0.3, -0.25) is 0 Å². The summed E-state index contributed by atoms with van der Waals surface area (Å²) in [6.07, 6.45) is 2.87. The van der Waals surface area contributed by atoms with E-state index in [1.165, 1.54) is 34.6 Å². The van der Waals surface area contributed by atoms with E-state index in [1.807, 2.05) is 0 Å². The summed E-state index contributed by atoms with van der Waals surface area (Å²) in [6, 6.07) is 22.8. The Balaban J connectivity index is 1.43. The number of hydrogen-bond donors (Lipinski definition) is 1. The smallest absolute Gasteiger partial charge is 0.321 e. The standard InChI is InChI=1S/C25H26FN3O/c1-28(25(30)27-22-11-6-10-21(26)18-22)16-7-17-29-23-12-4-2-8-19(23)14-15-20-9-3-5-13-24(20)29/h2-6,8-13,18H,7,14-17H2,1H3,(H,27,30). The highest BCUT2D eigenvalue weighted by atomic mass is 19.1. The zero-order valence-corrected chi connectivity index (χ0v) is 17.1. The van der Waals surface area contributed by atoms with E-state index >= 15 is 0 Å². The molecule has 0 aromatic heterocycles. The molecule has 0 bridgehead atoms. The van der Waals surface area contributed by atoms with Gasteiger partial charge in [-0.15, -0.1) is 0 Å². The molecule has 1 heterocycles. The summed E-state index contributed by atoms with van der Waals surface area (Å²) in [5.41, 5.74) is 5.66. The van der Waals surface area contributed by atoms with E-state index in [4.69, 9.17) is 0 Å². The zero-order valence-electron chi connectivity index (χ0n) is 17.1. The molecule has 3 aromatic rings.